The van der Waals surface area contributed by atoms with E-state index in [1.807, 2.05) is 6.07 Å². The van der Waals surface area contributed by atoms with Gasteiger partial charge in [-0.05, 0) is 38.1 Å². The quantitative estimate of drug-likeness (QED) is 0.626. The first-order valence-corrected chi connectivity index (χ1v) is 9.58. The lowest BCUT2D eigenvalue weighted by Crippen LogP contribution is -2.60. The van der Waals surface area contributed by atoms with Crippen LogP contribution in [-0.2, 0) is 10.3 Å². The molecule has 1 aromatic carbocycles. The van der Waals surface area contributed by atoms with Crippen molar-refractivity contribution in [3.8, 4) is 11.9 Å². The van der Waals surface area contributed by atoms with E-state index in [2.05, 4.69) is 15.3 Å². The largest absolute Gasteiger partial charge is 0.424 e. The number of carbonyl (C=O) groups is 1. The van der Waals surface area contributed by atoms with E-state index in [1.165, 1.54) is 25.1 Å². The van der Waals surface area contributed by atoms with Crippen LogP contribution in [0, 0.1) is 17.1 Å². The molecule has 13 heteroatoms. The fourth-order valence-corrected chi connectivity index (χ4v) is 3.14. The van der Waals surface area contributed by atoms with E-state index in [1.54, 1.807) is 0 Å². The van der Waals surface area contributed by atoms with Crippen LogP contribution in [0.2, 0.25) is 5.02 Å². The zero-order valence-corrected chi connectivity index (χ0v) is 17.9. The molecule has 2 aromatic rings. The van der Waals surface area contributed by atoms with Crippen molar-refractivity contribution in [2.24, 2.45) is 10.7 Å². The Morgan fingerprint density at radius 3 is 2.64 bits per heavy atom. The first-order chi connectivity index (χ1) is 15.3. The van der Waals surface area contributed by atoms with Crippen LogP contribution in [0.3, 0.4) is 0 Å². The highest BCUT2D eigenvalue weighted by atomic mass is 35.5. The lowest BCUT2D eigenvalue weighted by molar-refractivity contribution is -0.249. The molecule has 3 N–H and O–H groups in total. The van der Waals surface area contributed by atoms with Crippen molar-refractivity contribution < 1.29 is 31.8 Å². The Labute approximate surface area is 190 Å². The summed E-state index contributed by atoms with van der Waals surface area (Å²) in [5.41, 5.74) is 1.18. The van der Waals surface area contributed by atoms with E-state index in [9.17, 15) is 22.4 Å². The SMILES string of the molecule is C[C@@]1(c2cc(NC(=O)Oc3ncc(C#N)cc3Cl)ccc2F)CO[C@@](C)(C(F)(F)F)C(N)=N1. The smallest absolute Gasteiger partial charge is 0.389 e. The molecule has 1 aliphatic rings. The van der Waals surface area contributed by atoms with Gasteiger partial charge in [-0.15, -0.1) is 0 Å². The van der Waals surface area contributed by atoms with E-state index in [0.29, 0.717) is 0 Å². The van der Waals surface area contributed by atoms with Gasteiger partial charge in [0.15, 0.2) is 0 Å². The summed E-state index contributed by atoms with van der Waals surface area (Å²) >= 11 is 5.90. The van der Waals surface area contributed by atoms with Gasteiger partial charge >= 0.3 is 12.3 Å². The topological polar surface area (TPSA) is 123 Å². The number of halogens is 5. The number of ether oxygens (including phenoxy) is 2. The third-order valence-electron chi connectivity index (χ3n) is 4.96. The van der Waals surface area contributed by atoms with Crippen molar-refractivity contribution >= 4 is 29.2 Å². The minimum atomic E-state index is -4.83. The monoisotopic (exact) mass is 485 g/mol. The van der Waals surface area contributed by atoms with Crippen LogP contribution in [-0.4, -0.2) is 35.3 Å². The summed E-state index contributed by atoms with van der Waals surface area (Å²) in [6.07, 6.45) is -4.72. The molecule has 3 rings (SSSR count). The molecule has 0 unspecified atom stereocenters. The average Bonchev–Trinajstić information content (AvgIpc) is 2.73. The number of nitrogens with zero attached hydrogens (tertiary/aromatic N) is 3. The molecule has 0 saturated carbocycles. The first kappa shape index (κ1) is 24.2. The number of amides is 1. The summed E-state index contributed by atoms with van der Waals surface area (Å²) in [7, 11) is 0. The van der Waals surface area contributed by atoms with Crippen LogP contribution in [0.15, 0.2) is 35.5 Å². The molecule has 0 radical (unpaired) electrons. The number of amidine groups is 1. The molecule has 0 fully saturated rings. The predicted molar refractivity (Wildman–Crippen MR) is 109 cm³/mol. The van der Waals surface area contributed by atoms with Gasteiger partial charge in [0.1, 0.15) is 28.3 Å². The molecule has 1 aliphatic heterocycles. The van der Waals surface area contributed by atoms with E-state index < -0.39 is 41.7 Å². The molecule has 1 aromatic heterocycles. The summed E-state index contributed by atoms with van der Waals surface area (Å²) in [4.78, 5) is 19.8. The number of aliphatic imine (C=N–C) groups is 1. The van der Waals surface area contributed by atoms with Crippen LogP contribution >= 0.6 is 11.6 Å². The minimum absolute atomic E-state index is 0.0420. The van der Waals surface area contributed by atoms with Crippen molar-refractivity contribution in [3.63, 3.8) is 0 Å². The van der Waals surface area contributed by atoms with Crippen molar-refractivity contribution in [1.82, 2.24) is 4.98 Å². The maximum atomic E-state index is 14.6. The second kappa shape index (κ2) is 8.49. The number of rotatable bonds is 3. The van der Waals surface area contributed by atoms with Gasteiger partial charge < -0.3 is 15.2 Å². The number of benzene rings is 1. The van der Waals surface area contributed by atoms with Crippen LogP contribution < -0.4 is 15.8 Å². The minimum Gasteiger partial charge on any atom is -0.389 e. The van der Waals surface area contributed by atoms with Gasteiger partial charge in [-0.1, -0.05) is 11.6 Å². The van der Waals surface area contributed by atoms with Crippen LogP contribution in [0.5, 0.6) is 5.88 Å². The van der Waals surface area contributed by atoms with Crippen LogP contribution in [0.25, 0.3) is 0 Å². The van der Waals surface area contributed by atoms with Crippen molar-refractivity contribution in [1.29, 1.82) is 5.26 Å². The summed E-state index contributed by atoms with van der Waals surface area (Å²) in [5.74, 6) is -1.93. The summed E-state index contributed by atoms with van der Waals surface area (Å²) in [6.45, 7) is 1.45. The summed E-state index contributed by atoms with van der Waals surface area (Å²) in [6, 6.07) is 6.43. The maximum absolute atomic E-state index is 14.6. The molecular formula is C20H16ClF4N5O3. The molecule has 0 aliphatic carbocycles. The highest BCUT2D eigenvalue weighted by Crippen LogP contribution is 2.41. The van der Waals surface area contributed by atoms with Crippen LogP contribution in [0.1, 0.15) is 25.0 Å². The van der Waals surface area contributed by atoms with Crippen molar-refractivity contribution in [2.75, 3.05) is 11.9 Å². The Morgan fingerprint density at radius 2 is 2.06 bits per heavy atom. The van der Waals surface area contributed by atoms with E-state index >= 15 is 0 Å². The summed E-state index contributed by atoms with van der Waals surface area (Å²) in [5, 5.41) is 11.1. The number of hydrogen-bond donors (Lipinski definition) is 2. The number of aromatic nitrogens is 1. The predicted octanol–water partition coefficient (Wildman–Crippen LogP) is 4.28. The van der Waals surface area contributed by atoms with Crippen molar-refractivity contribution in [3.05, 3.63) is 52.4 Å². The van der Waals surface area contributed by atoms with Gasteiger partial charge in [0.2, 0.25) is 11.5 Å². The Kier molecular flexibility index (Phi) is 6.23. The van der Waals surface area contributed by atoms with Gasteiger partial charge in [0, 0.05) is 17.4 Å². The van der Waals surface area contributed by atoms with Gasteiger partial charge in [-0.25, -0.2) is 14.2 Å². The maximum Gasteiger partial charge on any atom is 0.424 e. The fourth-order valence-electron chi connectivity index (χ4n) is 2.94. The third-order valence-corrected chi connectivity index (χ3v) is 5.23. The number of carbonyl (C=O) groups excluding carboxylic acids is 1. The molecule has 0 bridgehead atoms. The highest BCUT2D eigenvalue weighted by molar-refractivity contribution is 6.32. The molecule has 33 heavy (non-hydrogen) atoms. The Hall–Kier alpha value is -3.43. The summed E-state index contributed by atoms with van der Waals surface area (Å²) < 4.78 is 64.5. The molecular weight excluding hydrogens is 470 g/mol. The Bertz CT molecular complexity index is 1180. The normalized spacial score (nSPS) is 22.8. The number of nitrogens with two attached hydrogens (primary N) is 1. The Morgan fingerprint density at radius 1 is 1.36 bits per heavy atom. The zero-order chi connectivity index (χ0) is 24.6. The van der Waals surface area contributed by atoms with Crippen molar-refractivity contribution in [2.45, 2.75) is 31.2 Å². The van der Waals surface area contributed by atoms with Gasteiger partial charge in [-0.3, -0.25) is 10.3 Å². The molecule has 0 spiro atoms. The first-order valence-electron chi connectivity index (χ1n) is 9.20. The second-order valence-electron chi connectivity index (χ2n) is 7.42. The Balaban J connectivity index is 1.84. The molecule has 8 nitrogen and oxygen atoms in total. The van der Waals surface area contributed by atoms with Crippen LogP contribution in [0.4, 0.5) is 28.0 Å². The highest BCUT2D eigenvalue weighted by Gasteiger charge is 2.59. The average molecular weight is 486 g/mol. The lowest BCUT2D eigenvalue weighted by Gasteiger charge is -2.41. The van der Waals surface area contributed by atoms with E-state index in [4.69, 9.17) is 32.1 Å². The number of pyridine rings is 1. The fraction of sp³-hybridized carbons (Fsp3) is 0.300. The zero-order valence-electron chi connectivity index (χ0n) is 17.1. The number of hydrogen-bond acceptors (Lipinski definition) is 7. The number of nitriles is 1. The number of alkyl halides is 3. The number of nitrogens with one attached hydrogen (secondary N) is 1. The molecule has 0 saturated heterocycles. The second-order valence-corrected chi connectivity index (χ2v) is 7.83. The van der Waals surface area contributed by atoms with E-state index in [-0.39, 0.29) is 27.7 Å². The van der Waals surface area contributed by atoms with Gasteiger partial charge in [0.25, 0.3) is 0 Å². The molecule has 1 amide bonds. The van der Waals surface area contributed by atoms with Gasteiger partial charge in [0.05, 0.1) is 12.2 Å². The van der Waals surface area contributed by atoms with Gasteiger partial charge in [-0.2, -0.15) is 18.4 Å². The van der Waals surface area contributed by atoms with E-state index in [0.717, 1.165) is 19.2 Å². The lowest BCUT2D eigenvalue weighted by atomic mass is 9.89. The molecule has 2 heterocycles. The number of anilines is 1. The molecule has 2 atom stereocenters. The molecule has 174 valence electrons. The standard InChI is InChI=1S/C20H16ClF4N5O3/c1-18(9-32-19(2,16(27)30-18)20(23,24)25)12-6-11(3-4-14(12)22)29-17(31)33-15-13(21)5-10(7-26)8-28-15/h3-6,8H,9H2,1-2H3,(H2,27,30)(H,29,31)/t18-,19+/m0/s1. The third kappa shape index (κ3) is 4.69.